The number of amides is 1. The summed E-state index contributed by atoms with van der Waals surface area (Å²) in [6, 6.07) is 6.44. The second kappa shape index (κ2) is 10.0. The Kier molecular flexibility index (Phi) is 8.15. The van der Waals surface area contributed by atoms with Crippen LogP contribution in [0.4, 0.5) is 13.6 Å². The SMILES string of the molecule is COCC1(C(=O)OCC(=O)c2ccc(Br)cc2)CC(C(F)F)CN1C(=O)OC(C)(C)C. The quantitative estimate of drug-likeness (QED) is 0.410. The molecule has 0 aliphatic carbocycles. The number of nitrogens with zero attached hydrogens (tertiary/aromatic N) is 1. The second-order valence-corrected chi connectivity index (χ2v) is 9.28. The number of rotatable bonds is 7. The van der Waals surface area contributed by atoms with Crippen molar-refractivity contribution in [2.45, 2.75) is 44.8 Å². The van der Waals surface area contributed by atoms with Gasteiger partial charge in [-0.25, -0.2) is 18.4 Å². The molecular weight excluding hydrogens is 480 g/mol. The van der Waals surface area contributed by atoms with Crippen LogP contribution in [-0.2, 0) is 19.0 Å². The molecule has 1 fully saturated rings. The number of carbonyl (C=O) groups is 3. The number of hydrogen-bond acceptors (Lipinski definition) is 6. The number of ketones is 1. The topological polar surface area (TPSA) is 82.1 Å². The number of carbonyl (C=O) groups excluding carboxylic acids is 3. The zero-order valence-corrected chi connectivity index (χ0v) is 19.4. The van der Waals surface area contributed by atoms with E-state index in [1.807, 2.05) is 0 Å². The fraction of sp³-hybridized carbons (Fsp3) is 0.571. The Hall–Kier alpha value is -2.07. The lowest BCUT2D eigenvalue weighted by molar-refractivity contribution is -0.158. The molecule has 0 saturated carbocycles. The van der Waals surface area contributed by atoms with Crippen LogP contribution in [0.15, 0.2) is 28.7 Å². The first kappa shape index (κ1) is 25.2. The van der Waals surface area contributed by atoms with Crippen LogP contribution in [-0.4, -0.2) is 67.2 Å². The molecule has 0 radical (unpaired) electrons. The molecule has 1 aromatic rings. The summed E-state index contributed by atoms with van der Waals surface area (Å²) in [6.07, 6.45) is -4.06. The highest BCUT2D eigenvalue weighted by molar-refractivity contribution is 9.10. The number of Topliss-reactive ketones (excluding diaryl/α,β-unsaturated/α-hetero) is 1. The molecule has 1 aliphatic rings. The van der Waals surface area contributed by atoms with Crippen LogP contribution in [0.5, 0.6) is 0 Å². The molecule has 2 unspecified atom stereocenters. The molecule has 0 spiro atoms. The van der Waals surface area contributed by atoms with Crippen LogP contribution in [0.3, 0.4) is 0 Å². The number of hydrogen-bond donors (Lipinski definition) is 0. The molecule has 7 nitrogen and oxygen atoms in total. The summed E-state index contributed by atoms with van der Waals surface area (Å²) in [4.78, 5) is 39.1. The third kappa shape index (κ3) is 6.22. The fourth-order valence-electron chi connectivity index (χ4n) is 3.37. The van der Waals surface area contributed by atoms with Gasteiger partial charge < -0.3 is 14.2 Å². The predicted molar refractivity (Wildman–Crippen MR) is 111 cm³/mol. The van der Waals surface area contributed by atoms with Crippen molar-refractivity contribution in [1.82, 2.24) is 4.90 Å². The Balaban J connectivity index is 2.25. The van der Waals surface area contributed by atoms with Gasteiger partial charge in [-0.15, -0.1) is 0 Å². The highest BCUT2D eigenvalue weighted by atomic mass is 79.9. The third-order valence-corrected chi connectivity index (χ3v) is 5.30. The molecule has 2 rings (SSSR count). The molecule has 172 valence electrons. The van der Waals surface area contributed by atoms with Gasteiger partial charge in [-0.05, 0) is 39.3 Å². The maximum absolute atomic E-state index is 13.5. The Labute approximate surface area is 188 Å². The van der Waals surface area contributed by atoms with Gasteiger partial charge in [0.25, 0.3) is 0 Å². The Morgan fingerprint density at radius 1 is 1.23 bits per heavy atom. The van der Waals surface area contributed by atoms with Gasteiger partial charge in [0.15, 0.2) is 17.9 Å². The van der Waals surface area contributed by atoms with Crippen molar-refractivity contribution in [2.75, 3.05) is 26.9 Å². The zero-order chi connectivity index (χ0) is 23.4. The normalized spacial score (nSPS) is 21.3. The molecule has 31 heavy (non-hydrogen) atoms. The standard InChI is InChI=1S/C21H26BrF2NO6/c1-20(2,3)31-19(28)25-10-14(17(23)24)9-21(25,12-29-4)18(27)30-11-16(26)13-5-7-15(22)8-6-13/h5-8,14,17H,9-12H2,1-4H3. The van der Waals surface area contributed by atoms with Crippen molar-refractivity contribution < 1.29 is 37.4 Å². The molecule has 1 aliphatic heterocycles. The highest BCUT2D eigenvalue weighted by Crippen LogP contribution is 2.39. The van der Waals surface area contributed by atoms with Gasteiger partial charge in [0, 0.05) is 29.6 Å². The minimum atomic E-state index is -2.76. The maximum Gasteiger partial charge on any atom is 0.411 e. The number of halogens is 3. The van der Waals surface area contributed by atoms with E-state index in [4.69, 9.17) is 14.2 Å². The average Bonchev–Trinajstić information content (AvgIpc) is 3.06. The van der Waals surface area contributed by atoms with Crippen molar-refractivity contribution >= 4 is 33.8 Å². The van der Waals surface area contributed by atoms with Crippen LogP contribution in [0, 0.1) is 5.92 Å². The number of esters is 1. The van der Waals surface area contributed by atoms with Crippen LogP contribution in [0.1, 0.15) is 37.6 Å². The fourth-order valence-corrected chi connectivity index (χ4v) is 3.63. The van der Waals surface area contributed by atoms with E-state index in [0.717, 1.165) is 9.37 Å². The number of methoxy groups -OCH3 is 1. The molecule has 0 N–H and O–H groups in total. The molecule has 1 saturated heterocycles. The number of benzene rings is 1. The Morgan fingerprint density at radius 3 is 2.35 bits per heavy atom. The van der Waals surface area contributed by atoms with Crippen LogP contribution in [0.2, 0.25) is 0 Å². The van der Waals surface area contributed by atoms with Gasteiger partial charge >= 0.3 is 12.1 Å². The highest BCUT2D eigenvalue weighted by Gasteiger charge is 2.57. The first-order chi connectivity index (χ1) is 14.4. The van der Waals surface area contributed by atoms with E-state index in [1.165, 1.54) is 7.11 Å². The van der Waals surface area contributed by atoms with Crippen LogP contribution in [0.25, 0.3) is 0 Å². The minimum absolute atomic E-state index is 0.317. The first-order valence-electron chi connectivity index (χ1n) is 9.63. The summed E-state index contributed by atoms with van der Waals surface area (Å²) in [5.41, 5.74) is -2.41. The van der Waals surface area contributed by atoms with Crippen LogP contribution >= 0.6 is 15.9 Å². The minimum Gasteiger partial charge on any atom is -0.455 e. The molecule has 2 atom stereocenters. The largest absolute Gasteiger partial charge is 0.455 e. The van der Waals surface area contributed by atoms with E-state index in [1.54, 1.807) is 45.0 Å². The number of alkyl halides is 2. The van der Waals surface area contributed by atoms with E-state index >= 15 is 0 Å². The van der Waals surface area contributed by atoms with Crippen LogP contribution < -0.4 is 0 Å². The summed E-state index contributed by atoms with van der Waals surface area (Å²) in [5, 5.41) is 0. The summed E-state index contributed by atoms with van der Waals surface area (Å²) >= 11 is 3.26. The third-order valence-electron chi connectivity index (χ3n) is 4.77. The monoisotopic (exact) mass is 505 g/mol. The molecule has 0 aromatic heterocycles. The van der Waals surface area contributed by atoms with Gasteiger partial charge in [-0.1, -0.05) is 28.1 Å². The summed E-state index contributed by atoms with van der Waals surface area (Å²) in [7, 11) is 1.28. The van der Waals surface area contributed by atoms with Gasteiger partial charge in [0.05, 0.1) is 6.61 Å². The van der Waals surface area contributed by atoms with Crippen molar-refractivity contribution in [3.8, 4) is 0 Å². The van der Waals surface area contributed by atoms with Crippen molar-refractivity contribution in [3.63, 3.8) is 0 Å². The van der Waals surface area contributed by atoms with E-state index in [-0.39, 0.29) is 13.0 Å². The smallest absolute Gasteiger partial charge is 0.411 e. The Morgan fingerprint density at radius 2 is 1.84 bits per heavy atom. The molecule has 1 heterocycles. The zero-order valence-electron chi connectivity index (χ0n) is 17.8. The second-order valence-electron chi connectivity index (χ2n) is 8.36. The lowest BCUT2D eigenvalue weighted by Gasteiger charge is -2.36. The maximum atomic E-state index is 13.5. The van der Waals surface area contributed by atoms with E-state index < -0.39 is 54.5 Å². The van der Waals surface area contributed by atoms with Crippen molar-refractivity contribution in [3.05, 3.63) is 34.3 Å². The van der Waals surface area contributed by atoms with E-state index in [2.05, 4.69) is 15.9 Å². The first-order valence-corrected chi connectivity index (χ1v) is 10.4. The summed E-state index contributed by atoms with van der Waals surface area (Å²) in [5.74, 6) is -2.73. The summed E-state index contributed by atoms with van der Waals surface area (Å²) < 4.78 is 43.4. The lowest BCUT2D eigenvalue weighted by Crippen LogP contribution is -2.57. The lowest BCUT2D eigenvalue weighted by atomic mass is 9.93. The van der Waals surface area contributed by atoms with E-state index in [9.17, 15) is 23.2 Å². The average molecular weight is 506 g/mol. The van der Waals surface area contributed by atoms with Gasteiger partial charge in [0.2, 0.25) is 6.43 Å². The number of ether oxygens (including phenoxy) is 3. The molecule has 10 heteroatoms. The summed E-state index contributed by atoms with van der Waals surface area (Å²) in [6.45, 7) is 3.50. The molecular formula is C21H26BrF2NO6. The van der Waals surface area contributed by atoms with Gasteiger partial charge in [0.1, 0.15) is 5.60 Å². The predicted octanol–water partition coefficient (Wildman–Crippen LogP) is 4.08. The van der Waals surface area contributed by atoms with E-state index in [0.29, 0.717) is 5.56 Å². The van der Waals surface area contributed by atoms with Gasteiger partial charge in [-0.3, -0.25) is 9.69 Å². The molecule has 1 amide bonds. The number of likely N-dealkylation sites (tertiary alicyclic amines) is 1. The van der Waals surface area contributed by atoms with Gasteiger partial charge in [-0.2, -0.15) is 0 Å². The molecule has 1 aromatic carbocycles. The molecule has 0 bridgehead atoms. The van der Waals surface area contributed by atoms with Crippen molar-refractivity contribution in [2.24, 2.45) is 5.92 Å². The Bertz CT molecular complexity index is 811. The van der Waals surface area contributed by atoms with Crippen molar-refractivity contribution in [1.29, 1.82) is 0 Å².